The summed E-state index contributed by atoms with van der Waals surface area (Å²) in [4.78, 5) is 31.3. The van der Waals surface area contributed by atoms with E-state index in [0.717, 1.165) is 55.5 Å². The highest BCUT2D eigenvalue weighted by molar-refractivity contribution is 7.18. The fourth-order valence-corrected chi connectivity index (χ4v) is 6.08. The Morgan fingerprint density at radius 3 is 2.41 bits per heavy atom. The number of hydrogen-bond acceptors (Lipinski definition) is 7. The Morgan fingerprint density at radius 1 is 0.949 bits per heavy atom. The SMILES string of the molecule is Cc1cccc(C)c1-c1ccc(-c2ccnc(Nc3cccc(C(=O)N4CCN(CCN(C)C)CC4)c3)n2)s1. The van der Waals surface area contributed by atoms with Crippen LogP contribution < -0.4 is 5.32 Å². The summed E-state index contributed by atoms with van der Waals surface area (Å²) >= 11 is 1.73. The monoisotopic (exact) mass is 540 g/mol. The molecule has 0 radical (unpaired) electrons. The molecule has 0 atom stereocenters. The highest BCUT2D eigenvalue weighted by Gasteiger charge is 2.22. The van der Waals surface area contributed by atoms with Crippen LogP contribution >= 0.6 is 11.3 Å². The van der Waals surface area contributed by atoms with E-state index in [4.69, 9.17) is 4.98 Å². The van der Waals surface area contributed by atoms with Gasteiger partial charge >= 0.3 is 0 Å². The van der Waals surface area contributed by atoms with E-state index in [2.05, 4.69) is 78.4 Å². The number of rotatable bonds is 8. The molecule has 8 heteroatoms. The van der Waals surface area contributed by atoms with E-state index in [1.54, 1.807) is 17.5 Å². The molecule has 2 aromatic heterocycles. The molecule has 39 heavy (non-hydrogen) atoms. The second kappa shape index (κ2) is 12.1. The standard InChI is InChI=1S/C31H36N6OS/c1-22-7-5-8-23(2)29(22)28-12-11-27(39-28)26-13-14-32-31(34-26)33-25-10-6-9-24(21-25)30(38)37-19-17-36(18-20-37)16-15-35(3)4/h5-14,21H,15-20H2,1-4H3,(H,32,33,34). The predicted molar refractivity (Wildman–Crippen MR) is 161 cm³/mol. The van der Waals surface area contributed by atoms with Gasteiger partial charge < -0.3 is 15.1 Å². The zero-order valence-electron chi connectivity index (χ0n) is 23.1. The normalized spacial score (nSPS) is 14.1. The van der Waals surface area contributed by atoms with Gasteiger partial charge in [0, 0.05) is 61.6 Å². The van der Waals surface area contributed by atoms with Crippen LogP contribution in [0.2, 0.25) is 0 Å². The first-order chi connectivity index (χ1) is 18.9. The number of amides is 1. The third kappa shape index (κ3) is 6.53. The molecule has 7 nitrogen and oxygen atoms in total. The minimum atomic E-state index is 0.0678. The average Bonchev–Trinajstić information content (AvgIpc) is 3.42. The van der Waals surface area contributed by atoms with Gasteiger partial charge in [0.15, 0.2) is 0 Å². The van der Waals surface area contributed by atoms with Gasteiger partial charge in [-0.2, -0.15) is 0 Å². The van der Waals surface area contributed by atoms with Crippen molar-refractivity contribution in [2.75, 3.05) is 58.7 Å². The summed E-state index contributed by atoms with van der Waals surface area (Å²) in [6, 6.07) is 20.2. The van der Waals surface area contributed by atoms with E-state index in [1.807, 2.05) is 35.2 Å². The molecule has 0 spiro atoms. The number of nitrogens with zero attached hydrogens (tertiary/aromatic N) is 5. The molecule has 0 saturated carbocycles. The van der Waals surface area contributed by atoms with Gasteiger partial charge in [-0.05, 0) is 81.0 Å². The van der Waals surface area contributed by atoms with Gasteiger partial charge in [-0.15, -0.1) is 11.3 Å². The van der Waals surface area contributed by atoms with Crippen molar-refractivity contribution >= 4 is 28.9 Å². The van der Waals surface area contributed by atoms with Crippen LogP contribution in [-0.4, -0.2) is 83.9 Å². The molecule has 202 valence electrons. The van der Waals surface area contributed by atoms with Gasteiger partial charge in [0.25, 0.3) is 5.91 Å². The highest BCUT2D eigenvalue weighted by Crippen LogP contribution is 2.37. The minimum absolute atomic E-state index is 0.0678. The van der Waals surface area contributed by atoms with Crippen molar-refractivity contribution in [3.05, 3.63) is 83.6 Å². The van der Waals surface area contributed by atoms with Crippen LogP contribution in [0.1, 0.15) is 21.5 Å². The van der Waals surface area contributed by atoms with Crippen LogP contribution in [0.5, 0.6) is 0 Å². The third-order valence-electron chi connectivity index (χ3n) is 7.13. The van der Waals surface area contributed by atoms with Gasteiger partial charge in [0.05, 0.1) is 10.6 Å². The molecule has 1 aliphatic heterocycles. The molecule has 0 unspecified atom stereocenters. The Labute approximate surface area is 235 Å². The Hall–Kier alpha value is -3.59. The number of likely N-dealkylation sites (N-methyl/N-ethyl adjacent to an activating group) is 1. The van der Waals surface area contributed by atoms with E-state index in [1.165, 1.54) is 21.6 Å². The van der Waals surface area contributed by atoms with E-state index < -0.39 is 0 Å². The number of piperazine rings is 1. The number of aryl methyl sites for hydroxylation is 2. The summed E-state index contributed by atoms with van der Waals surface area (Å²) in [6.45, 7) is 9.69. The number of anilines is 2. The maximum absolute atomic E-state index is 13.2. The summed E-state index contributed by atoms with van der Waals surface area (Å²) in [5.41, 5.74) is 6.18. The summed E-state index contributed by atoms with van der Waals surface area (Å²) < 4.78 is 0. The summed E-state index contributed by atoms with van der Waals surface area (Å²) in [5, 5.41) is 3.30. The van der Waals surface area contributed by atoms with E-state index in [9.17, 15) is 4.79 Å². The van der Waals surface area contributed by atoms with Crippen LogP contribution in [0.25, 0.3) is 21.0 Å². The van der Waals surface area contributed by atoms with Gasteiger partial charge in [0.2, 0.25) is 5.95 Å². The Bertz CT molecular complexity index is 1420. The number of hydrogen-bond donors (Lipinski definition) is 1. The van der Waals surface area contributed by atoms with Crippen LogP contribution in [0.4, 0.5) is 11.6 Å². The molecule has 1 N–H and O–H groups in total. The van der Waals surface area contributed by atoms with Crippen LogP contribution in [-0.2, 0) is 0 Å². The summed E-state index contributed by atoms with van der Waals surface area (Å²) in [7, 11) is 4.18. The Kier molecular flexibility index (Phi) is 8.35. The van der Waals surface area contributed by atoms with Crippen molar-refractivity contribution in [1.29, 1.82) is 0 Å². The topological polar surface area (TPSA) is 64.6 Å². The van der Waals surface area contributed by atoms with Crippen molar-refractivity contribution in [2.45, 2.75) is 13.8 Å². The molecule has 0 aliphatic carbocycles. The fourth-order valence-electron chi connectivity index (χ4n) is 4.93. The summed E-state index contributed by atoms with van der Waals surface area (Å²) in [5.74, 6) is 0.576. The van der Waals surface area contributed by atoms with Crippen molar-refractivity contribution in [2.24, 2.45) is 0 Å². The van der Waals surface area contributed by atoms with Crippen molar-refractivity contribution < 1.29 is 4.79 Å². The molecule has 4 aromatic rings. The van der Waals surface area contributed by atoms with E-state index in [-0.39, 0.29) is 5.91 Å². The van der Waals surface area contributed by atoms with Crippen molar-refractivity contribution in [3.8, 4) is 21.0 Å². The fraction of sp³-hybridized carbons (Fsp3) is 0.323. The molecule has 0 bridgehead atoms. The lowest BCUT2D eigenvalue weighted by Crippen LogP contribution is -2.49. The van der Waals surface area contributed by atoms with Crippen LogP contribution in [0, 0.1) is 13.8 Å². The van der Waals surface area contributed by atoms with Crippen molar-refractivity contribution in [3.63, 3.8) is 0 Å². The predicted octanol–water partition coefficient (Wildman–Crippen LogP) is 5.55. The Morgan fingerprint density at radius 2 is 1.67 bits per heavy atom. The lowest BCUT2D eigenvalue weighted by Gasteiger charge is -2.35. The number of aromatic nitrogens is 2. The first-order valence-corrected chi connectivity index (χ1v) is 14.2. The molecule has 1 saturated heterocycles. The van der Waals surface area contributed by atoms with Crippen LogP contribution in [0.15, 0.2) is 66.9 Å². The average molecular weight is 541 g/mol. The number of nitrogens with one attached hydrogen (secondary N) is 1. The van der Waals surface area contributed by atoms with E-state index in [0.29, 0.717) is 11.5 Å². The number of benzene rings is 2. The molecule has 1 fully saturated rings. The second-order valence-corrected chi connectivity index (χ2v) is 11.4. The first-order valence-electron chi connectivity index (χ1n) is 13.4. The summed E-state index contributed by atoms with van der Waals surface area (Å²) in [6.07, 6.45) is 1.77. The molecule has 2 aromatic carbocycles. The van der Waals surface area contributed by atoms with E-state index >= 15 is 0 Å². The largest absolute Gasteiger partial charge is 0.336 e. The maximum Gasteiger partial charge on any atom is 0.254 e. The van der Waals surface area contributed by atoms with Gasteiger partial charge in [-0.1, -0.05) is 24.3 Å². The number of thiophene rings is 1. The smallest absolute Gasteiger partial charge is 0.254 e. The highest BCUT2D eigenvalue weighted by atomic mass is 32.1. The zero-order chi connectivity index (χ0) is 27.4. The van der Waals surface area contributed by atoms with Gasteiger partial charge in [0.1, 0.15) is 0 Å². The zero-order valence-corrected chi connectivity index (χ0v) is 24.0. The first kappa shape index (κ1) is 27.0. The molecule has 3 heterocycles. The van der Waals surface area contributed by atoms with Gasteiger partial charge in [-0.3, -0.25) is 9.69 Å². The van der Waals surface area contributed by atoms with Crippen molar-refractivity contribution in [1.82, 2.24) is 24.7 Å². The minimum Gasteiger partial charge on any atom is -0.336 e. The third-order valence-corrected chi connectivity index (χ3v) is 8.26. The second-order valence-electron chi connectivity index (χ2n) is 10.3. The quantitative estimate of drug-likeness (QED) is 0.316. The number of carbonyl (C=O) groups is 1. The lowest BCUT2D eigenvalue weighted by atomic mass is 10.0. The molecule has 1 aliphatic rings. The molecule has 1 amide bonds. The molecular formula is C31H36N6OS. The van der Waals surface area contributed by atoms with Crippen LogP contribution in [0.3, 0.4) is 0 Å². The molecule has 5 rings (SSSR count). The lowest BCUT2D eigenvalue weighted by molar-refractivity contribution is 0.0630. The molecular weight excluding hydrogens is 504 g/mol. The Balaban J connectivity index is 1.26. The number of carbonyl (C=O) groups excluding carboxylic acids is 1. The maximum atomic E-state index is 13.2. The van der Waals surface area contributed by atoms with Gasteiger partial charge in [-0.25, -0.2) is 9.97 Å².